The van der Waals surface area contributed by atoms with Gasteiger partial charge >= 0.3 is 10.1 Å². The van der Waals surface area contributed by atoms with E-state index in [2.05, 4.69) is 4.98 Å². The number of pyridine rings is 1. The molecule has 1 aromatic heterocycles. The predicted octanol–water partition coefficient (Wildman–Crippen LogP) is 3.78. The molecule has 0 radical (unpaired) electrons. The molecule has 0 atom stereocenters. The maximum Gasteiger partial charge on any atom is 0.339 e. The maximum absolute atomic E-state index is 12.9. The highest BCUT2D eigenvalue weighted by Gasteiger charge is 2.16. The molecule has 0 amide bonds. The smallest absolute Gasteiger partial charge is 0.339 e. The fourth-order valence-electron chi connectivity index (χ4n) is 1.87. The summed E-state index contributed by atoms with van der Waals surface area (Å²) < 4.78 is 47.6. The molecule has 0 aliphatic rings. The molecule has 7 heteroatoms. The zero-order valence-electron chi connectivity index (χ0n) is 12.3. The van der Waals surface area contributed by atoms with E-state index < -0.39 is 15.9 Å². The molecular formula is C17H12FNO4S. The Morgan fingerprint density at radius 1 is 0.833 bits per heavy atom. The lowest BCUT2D eigenvalue weighted by Crippen LogP contribution is -2.09. The first-order valence-electron chi connectivity index (χ1n) is 6.92. The normalized spacial score (nSPS) is 11.0. The van der Waals surface area contributed by atoms with Gasteiger partial charge in [-0.1, -0.05) is 6.07 Å². The fourth-order valence-corrected chi connectivity index (χ4v) is 2.80. The molecular weight excluding hydrogens is 333 g/mol. The average Bonchev–Trinajstić information content (AvgIpc) is 2.58. The SMILES string of the molecule is O=S(=O)(Oc1ccc(Oc2ccccn2)cc1)c1ccc(F)cc1. The van der Waals surface area contributed by atoms with Crippen LogP contribution in [0.4, 0.5) is 4.39 Å². The van der Waals surface area contributed by atoms with E-state index in [0.29, 0.717) is 11.6 Å². The zero-order chi connectivity index (χ0) is 17.0. The topological polar surface area (TPSA) is 65.5 Å². The average molecular weight is 345 g/mol. The monoisotopic (exact) mass is 345 g/mol. The second-order valence-corrected chi connectivity index (χ2v) is 6.28. The summed E-state index contributed by atoms with van der Waals surface area (Å²) in [6.45, 7) is 0. The molecule has 0 N–H and O–H groups in total. The van der Waals surface area contributed by atoms with Crippen molar-refractivity contribution >= 4 is 10.1 Å². The number of rotatable bonds is 5. The lowest BCUT2D eigenvalue weighted by atomic mass is 10.3. The summed E-state index contributed by atoms with van der Waals surface area (Å²) in [6, 6.07) is 15.7. The van der Waals surface area contributed by atoms with E-state index in [1.54, 1.807) is 36.5 Å². The third-order valence-electron chi connectivity index (χ3n) is 2.99. The molecule has 0 aliphatic heterocycles. The van der Waals surface area contributed by atoms with Crippen molar-refractivity contribution < 1.29 is 21.7 Å². The number of nitrogens with zero attached hydrogens (tertiary/aromatic N) is 1. The molecule has 0 unspecified atom stereocenters. The Hall–Kier alpha value is -2.93. The van der Waals surface area contributed by atoms with Crippen molar-refractivity contribution in [3.8, 4) is 17.4 Å². The van der Waals surface area contributed by atoms with E-state index in [0.717, 1.165) is 24.3 Å². The van der Waals surface area contributed by atoms with E-state index in [1.165, 1.54) is 12.1 Å². The van der Waals surface area contributed by atoms with Crippen LogP contribution in [0.3, 0.4) is 0 Å². The van der Waals surface area contributed by atoms with Crippen LogP contribution >= 0.6 is 0 Å². The van der Waals surface area contributed by atoms with Gasteiger partial charge in [0.15, 0.2) is 0 Å². The minimum absolute atomic E-state index is 0.118. The molecule has 0 saturated heterocycles. The van der Waals surface area contributed by atoms with E-state index in [4.69, 9.17) is 8.92 Å². The standard InChI is InChI=1S/C17H12FNO4S/c18-13-4-10-16(11-5-13)24(20,21)23-15-8-6-14(7-9-15)22-17-3-1-2-12-19-17/h1-12H. The predicted molar refractivity (Wildman–Crippen MR) is 85.0 cm³/mol. The Kier molecular flexibility index (Phi) is 4.43. The lowest BCUT2D eigenvalue weighted by Gasteiger charge is -2.08. The molecule has 0 bridgehead atoms. The molecule has 0 aliphatic carbocycles. The molecule has 0 fully saturated rings. The molecule has 5 nitrogen and oxygen atoms in total. The van der Waals surface area contributed by atoms with Gasteiger partial charge in [-0.2, -0.15) is 8.42 Å². The molecule has 0 spiro atoms. The minimum Gasteiger partial charge on any atom is -0.439 e. The van der Waals surface area contributed by atoms with E-state index in [1.807, 2.05) is 0 Å². The van der Waals surface area contributed by atoms with Crippen molar-refractivity contribution in [3.63, 3.8) is 0 Å². The maximum atomic E-state index is 12.9. The highest BCUT2D eigenvalue weighted by atomic mass is 32.2. The molecule has 2 aromatic carbocycles. The second-order valence-electron chi connectivity index (χ2n) is 4.73. The van der Waals surface area contributed by atoms with Gasteiger partial charge in [0, 0.05) is 12.3 Å². The quantitative estimate of drug-likeness (QED) is 0.659. The summed E-state index contributed by atoms with van der Waals surface area (Å²) in [5.41, 5.74) is 0. The third-order valence-corrected chi connectivity index (χ3v) is 4.25. The molecule has 122 valence electrons. The van der Waals surface area contributed by atoms with Crippen molar-refractivity contribution in [2.45, 2.75) is 4.90 Å². The van der Waals surface area contributed by atoms with E-state index in [-0.39, 0.29) is 10.6 Å². The Morgan fingerprint density at radius 2 is 1.50 bits per heavy atom. The Labute approximate surface area is 138 Å². The minimum atomic E-state index is -4.02. The first kappa shape index (κ1) is 15.9. The number of ether oxygens (including phenoxy) is 1. The van der Waals surface area contributed by atoms with E-state index in [9.17, 15) is 12.8 Å². The first-order chi connectivity index (χ1) is 11.5. The van der Waals surface area contributed by atoms with Crippen LogP contribution in [-0.4, -0.2) is 13.4 Å². The van der Waals surface area contributed by atoms with Crippen molar-refractivity contribution in [1.29, 1.82) is 0 Å². The summed E-state index contributed by atoms with van der Waals surface area (Å²) in [6.07, 6.45) is 1.60. The van der Waals surface area contributed by atoms with Gasteiger partial charge in [0.25, 0.3) is 0 Å². The van der Waals surface area contributed by atoms with Gasteiger partial charge in [-0.25, -0.2) is 9.37 Å². The van der Waals surface area contributed by atoms with Crippen LogP contribution in [0.1, 0.15) is 0 Å². The van der Waals surface area contributed by atoms with Gasteiger partial charge in [0.1, 0.15) is 22.2 Å². The summed E-state index contributed by atoms with van der Waals surface area (Å²) >= 11 is 0. The molecule has 0 saturated carbocycles. The van der Waals surface area contributed by atoms with Gasteiger partial charge in [0.2, 0.25) is 5.88 Å². The third kappa shape index (κ3) is 3.88. The lowest BCUT2D eigenvalue weighted by molar-refractivity contribution is 0.459. The number of hydrogen-bond donors (Lipinski definition) is 0. The number of halogens is 1. The van der Waals surface area contributed by atoms with Crippen LogP contribution in [0.25, 0.3) is 0 Å². The number of aromatic nitrogens is 1. The van der Waals surface area contributed by atoms with Gasteiger partial charge in [-0.3, -0.25) is 0 Å². The zero-order valence-corrected chi connectivity index (χ0v) is 13.1. The van der Waals surface area contributed by atoms with Crippen LogP contribution in [0.2, 0.25) is 0 Å². The summed E-state index contributed by atoms with van der Waals surface area (Å²) in [5, 5.41) is 0. The summed E-state index contributed by atoms with van der Waals surface area (Å²) in [4.78, 5) is 3.90. The van der Waals surface area contributed by atoms with Gasteiger partial charge in [-0.15, -0.1) is 0 Å². The van der Waals surface area contributed by atoms with E-state index >= 15 is 0 Å². The number of benzene rings is 2. The van der Waals surface area contributed by atoms with Gasteiger partial charge < -0.3 is 8.92 Å². The van der Waals surface area contributed by atoms with Crippen molar-refractivity contribution in [2.75, 3.05) is 0 Å². The van der Waals surface area contributed by atoms with Crippen LogP contribution in [-0.2, 0) is 10.1 Å². The van der Waals surface area contributed by atoms with Crippen molar-refractivity contribution in [3.05, 3.63) is 78.7 Å². The van der Waals surface area contributed by atoms with Gasteiger partial charge in [-0.05, 0) is 54.6 Å². The Morgan fingerprint density at radius 3 is 2.12 bits per heavy atom. The largest absolute Gasteiger partial charge is 0.439 e. The molecule has 3 rings (SSSR count). The first-order valence-corrected chi connectivity index (χ1v) is 8.33. The fraction of sp³-hybridized carbons (Fsp3) is 0. The van der Waals surface area contributed by atoms with Crippen LogP contribution in [0.5, 0.6) is 17.4 Å². The van der Waals surface area contributed by atoms with Crippen molar-refractivity contribution in [2.24, 2.45) is 0 Å². The highest BCUT2D eigenvalue weighted by molar-refractivity contribution is 7.87. The Bertz CT molecular complexity index is 911. The molecule has 1 heterocycles. The number of hydrogen-bond acceptors (Lipinski definition) is 5. The van der Waals surface area contributed by atoms with Crippen LogP contribution < -0.4 is 8.92 Å². The molecule has 3 aromatic rings. The van der Waals surface area contributed by atoms with Gasteiger partial charge in [0.05, 0.1) is 0 Å². The highest BCUT2D eigenvalue weighted by Crippen LogP contribution is 2.24. The van der Waals surface area contributed by atoms with Crippen LogP contribution in [0.15, 0.2) is 77.8 Å². The summed E-state index contributed by atoms with van der Waals surface area (Å²) in [7, 11) is -4.02. The second kappa shape index (κ2) is 6.67. The molecule has 24 heavy (non-hydrogen) atoms. The van der Waals surface area contributed by atoms with Crippen molar-refractivity contribution in [1.82, 2.24) is 4.98 Å². The summed E-state index contributed by atoms with van der Waals surface area (Å²) in [5.74, 6) is 0.503. The van der Waals surface area contributed by atoms with Crippen LogP contribution in [0, 0.1) is 5.82 Å². The Balaban J connectivity index is 1.73.